The van der Waals surface area contributed by atoms with Gasteiger partial charge in [-0.15, -0.1) is 0 Å². The maximum atomic E-state index is 12.0. The number of phosphoric acid groups is 2. The maximum Gasteiger partial charge on any atom is 0.279 e. The summed E-state index contributed by atoms with van der Waals surface area (Å²) in [5.41, 5.74) is 6.34. The molecule has 30 heavy (non-hydrogen) atoms. The normalized spacial score (nSPS) is 28.1. The molecule has 0 saturated carbocycles. The van der Waals surface area contributed by atoms with Gasteiger partial charge in [0.25, 0.3) is 15.6 Å². The van der Waals surface area contributed by atoms with Gasteiger partial charge in [-0.1, -0.05) is 11.8 Å². The van der Waals surface area contributed by atoms with Crippen LogP contribution in [0, 0.1) is 0 Å². The molecule has 0 radical (unpaired) electrons. The third-order valence-electron chi connectivity index (χ3n) is 3.70. The highest BCUT2D eigenvalue weighted by atomic mass is 32.5. The molecule has 168 valence electrons. The van der Waals surface area contributed by atoms with Gasteiger partial charge in [0.1, 0.15) is 30.9 Å². The molecule has 0 spiro atoms. The average Bonchev–Trinajstić information content (AvgIpc) is 3.14. The molecule has 20 heteroatoms. The van der Waals surface area contributed by atoms with Crippen LogP contribution in [-0.2, 0) is 38.8 Å². The molecule has 3 heterocycles. The highest BCUT2D eigenvalue weighted by Gasteiger charge is 2.37. The van der Waals surface area contributed by atoms with Crippen molar-refractivity contribution in [2.45, 2.75) is 24.9 Å². The van der Waals surface area contributed by atoms with E-state index in [0.29, 0.717) is 11.2 Å². The quantitative estimate of drug-likeness (QED) is 0.317. The molecule has 6 atom stereocenters. The molecular weight excluding hydrogens is 491 g/mol. The van der Waals surface area contributed by atoms with Gasteiger partial charge in [-0.2, -0.15) is 0 Å². The minimum absolute atomic E-state index is 0.0268. The maximum absolute atomic E-state index is 12.0. The van der Waals surface area contributed by atoms with E-state index >= 15 is 0 Å². The van der Waals surface area contributed by atoms with Gasteiger partial charge in [0, 0.05) is 6.42 Å². The van der Waals surface area contributed by atoms with Gasteiger partial charge < -0.3 is 39.7 Å². The SMILES string of the molecule is Nc1ncnc2c1ncn2[C@H]1C[C@H](O)[C@@H](COP([O-])(=S)OP(=O)([O-])OP(=O)([O-])O)O1. The van der Waals surface area contributed by atoms with Crippen molar-refractivity contribution in [3.8, 4) is 0 Å². The molecule has 3 rings (SSSR count). The lowest BCUT2D eigenvalue weighted by Gasteiger charge is -2.35. The second-order valence-corrected chi connectivity index (χ2v) is 11.5. The molecule has 1 aliphatic heterocycles. The molecule has 1 fully saturated rings. The lowest BCUT2D eigenvalue weighted by Crippen LogP contribution is -2.27. The highest BCUT2D eigenvalue weighted by molar-refractivity contribution is 8.07. The van der Waals surface area contributed by atoms with Gasteiger partial charge >= 0.3 is 0 Å². The molecule has 1 aliphatic rings. The van der Waals surface area contributed by atoms with Crippen LogP contribution >= 0.6 is 22.4 Å². The van der Waals surface area contributed by atoms with Crippen molar-refractivity contribution in [2.75, 3.05) is 12.3 Å². The summed E-state index contributed by atoms with van der Waals surface area (Å²) in [6.07, 6.45) is -0.466. The molecular formula is C10H13N5O11P3S-3. The van der Waals surface area contributed by atoms with Crippen LogP contribution in [0.2, 0.25) is 0 Å². The van der Waals surface area contributed by atoms with Gasteiger partial charge in [-0.3, -0.25) is 18.0 Å². The Morgan fingerprint density at radius 1 is 1.30 bits per heavy atom. The van der Waals surface area contributed by atoms with Crippen LogP contribution in [0.4, 0.5) is 5.82 Å². The predicted octanol–water partition coefficient (Wildman–Crippen LogP) is -2.38. The number of hydrogen-bond acceptors (Lipinski definition) is 15. The van der Waals surface area contributed by atoms with E-state index in [-0.39, 0.29) is 12.2 Å². The monoisotopic (exact) mass is 504 g/mol. The third kappa shape index (κ3) is 5.87. The number of hydrogen-bond donors (Lipinski definition) is 3. The number of aliphatic hydroxyl groups is 1. The van der Waals surface area contributed by atoms with Crippen LogP contribution in [-0.4, -0.2) is 48.3 Å². The Morgan fingerprint density at radius 2 is 2.00 bits per heavy atom. The van der Waals surface area contributed by atoms with Crippen molar-refractivity contribution < 1.29 is 51.7 Å². The number of nitrogens with zero attached hydrogens (tertiary/aromatic N) is 4. The topological polar surface area (TPSA) is 250 Å². The van der Waals surface area contributed by atoms with Crippen LogP contribution in [0.5, 0.6) is 0 Å². The minimum Gasteiger partial charge on any atom is -0.779 e. The van der Waals surface area contributed by atoms with Gasteiger partial charge in [0.15, 0.2) is 11.5 Å². The molecule has 4 N–H and O–H groups in total. The fraction of sp³-hybridized carbons (Fsp3) is 0.500. The van der Waals surface area contributed by atoms with E-state index in [9.17, 15) is 28.9 Å². The first kappa shape index (κ1) is 23.8. The van der Waals surface area contributed by atoms with E-state index in [2.05, 4.69) is 39.9 Å². The smallest absolute Gasteiger partial charge is 0.279 e. The summed E-state index contributed by atoms with van der Waals surface area (Å²) in [6.45, 7) is -5.52. The summed E-state index contributed by atoms with van der Waals surface area (Å²) in [5.74, 6) is 0.135. The summed E-state index contributed by atoms with van der Waals surface area (Å²) in [6, 6.07) is 0. The molecule has 2 aromatic heterocycles. The number of ether oxygens (including phenoxy) is 1. The summed E-state index contributed by atoms with van der Waals surface area (Å²) < 4.78 is 40.6. The van der Waals surface area contributed by atoms with Crippen molar-refractivity contribution in [3.63, 3.8) is 0 Å². The van der Waals surface area contributed by atoms with Crippen molar-refractivity contribution in [2.24, 2.45) is 0 Å². The minimum atomic E-state index is -5.81. The molecule has 0 aliphatic carbocycles. The zero-order valence-corrected chi connectivity index (χ0v) is 18.0. The van der Waals surface area contributed by atoms with E-state index < -0.39 is 47.4 Å². The molecule has 0 aromatic carbocycles. The van der Waals surface area contributed by atoms with E-state index in [1.165, 1.54) is 17.2 Å². The van der Waals surface area contributed by atoms with E-state index in [1.807, 2.05) is 0 Å². The standard InChI is InChI=1S/C10H16N5O11P3S/c11-9-8-10(13-3-12-9)15(4-14-8)7-1-5(16)6(24-7)2-23-29(22,30)26-28(20,21)25-27(17,18)19/h3-7,16H,1-2H2,(H,20,21)(H,22,30)(H2,11,12,13)(H2,17,18,19)/p-3/t5-,6+,7+,29?/m0/s1. The number of imidazole rings is 1. The van der Waals surface area contributed by atoms with E-state index in [4.69, 9.17) is 15.4 Å². The number of anilines is 1. The Balaban J connectivity index is 1.64. The summed E-state index contributed by atoms with van der Waals surface area (Å²) >= 11 is 4.34. The van der Waals surface area contributed by atoms with Gasteiger partial charge in [0.2, 0.25) is 0 Å². The Bertz CT molecular complexity index is 1080. The molecule has 16 nitrogen and oxygen atoms in total. The largest absolute Gasteiger partial charge is 0.779 e. The van der Waals surface area contributed by atoms with Crippen LogP contribution in [0.15, 0.2) is 12.7 Å². The van der Waals surface area contributed by atoms with Gasteiger partial charge in [-0.25, -0.2) is 19.3 Å². The lowest BCUT2D eigenvalue weighted by molar-refractivity contribution is -0.244. The van der Waals surface area contributed by atoms with Crippen molar-refractivity contribution in [3.05, 3.63) is 12.7 Å². The van der Waals surface area contributed by atoms with Crippen LogP contribution in [0.3, 0.4) is 0 Å². The number of nitrogens with two attached hydrogens (primary N) is 1. The Labute approximate surface area is 172 Å². The Morgan fingerprint density at radius 3 is 2.67 bits per heavy atom. The van der Waals surface area contributed by atoms with E-state index in [0.717, 1.165) is 0 Å². The number of aromatic nitrogens is 4. The summed E-state index contributed by atoms with van der Waals surface area (Å²) in [7, 11) is -11.6. The summed E-state index contributed by atoms with van der Waals surface area (Å²) in [4.78, 5) is 54.0. The molecule has 0 amide bonds. The third-order valence-corrected chi connectivity index (χ3v) is 8.31. The number of aliphatic hydroxyl groups excluding tert-OH is 1. The number of rotatable bonds is 8. The van der Waals surface area contributed by atoms with Gasteiger partial charge in [-0.05, 0) is 0 Å². The van der Waals surface area contributed by atoms with Crippen molar-refractivity contribution in [1.29, 1.82) is 0 Å². The van der Waals surface area contributed by atoms with Crippen LogP contribution < -0.4 is 20.4 Å². The molecule has 2 aromatic rings. The predicted molar refractivity (Wildman–Crippen MR) is 94.1 cm³/mol. The fourth-order valence-corrected chi connectivity index (χ4v) is 6.38. The van der Waals surface area contributed by atoms with E-state index in [1.54, 1.807) is 0 Å². The summed E-state index contributed by atoms with van der Waals surface area (Å²) in [5, 5.41) is 10.2. The Kier molecular flexibility index (Phi) is 6.78. The average molecular weight is 504 g/mol. The molecule has 0 bridgehead atoms. The first-order valence-corrected chi connectivity index (χ1v) is 13.3. The fourth-order valence-electron chi connectivity index (χ4n) is 2.57. The number of fused-ring (bicyclic) bond motifs is 1. The zero-order chi connectivity index (χ0) is 22.3. The van der Waals surface area contributed by atoms with Crippen LogP contribution in [0.25, 0.3) is 11.2 Å². The van der Waals surface area contributed by atoms with Crippen molar-refractivity contribution >= 4 is 51.2 Å². The highest BCUT2D eigenvalue weighted by Crippen LogP contribution is 2.61. The number of nitrogen functional groups attached to an aromatic ring is 1. The Hall–Kier alpha value is -0.900. The molecule has 1 saturated heterocycles. The van der Waals surface area contributed by atoms with Crippen LogP contribution in [0.1, 0.15) is 12.6 Å². The molecule has 3 unspecified atom stereocenters. The zero-order valence-electron chi connectivity index (χ0n) is 14.5. The van der Waals surface area contributed by atoms with Gasteiger partial charge in [0.05, 0.1) is 19.0 Å². The van der Waals surface area contributed by atoms with Crippen molar-refractivity contribution in [1.82, 2.24) is 19.5 Å². The second-order valence-electron chi connectivity index (χ2n) is 5.84. The second kappa shape index (κ2) is 8.56. The first-order chi connectivity index (χ1) is 13.8. The first-order valence-electron chi connectivity index (χ1n) is 7.76. The lowest BCUT2D eigenvalue weighted by atomic mass is 10.2.